The van der Waals surface area contributed by atoms with Crippen LogP contribution in [0.4, 0.5) is 5.82 Å². The quantitative estimate of drug-likeness (QED) is 0.500. The number of hydrogen-bond donors (Lipinski definition) is 2. The standard InChI is InChI=1S/C27H36N4O2/c32-27(33)25(24-17-28-15-12-23(24)20-8-9-20)31-16-13-19(18-31)5-2-1-3-7-22-11-10-21-6-4-14-29-26(21)30-22/h10-12,15,17,19-20,25H,1-9,13-14,16,18H2,(H,29,30)(H,32,33)/t19-,25?/m1/s1. The zero-order valence-electron chi connectivity index (χ0n) is 19.5. The second kappa shape index (κ2) is 10.2. The number of fused-ring (bicyclic) bond motifs is 1. The molecule has 2 aromatic rings. The van der Waals surface area contributed by atoms with Gasteiger partial charge in [-0.3, -0.25) is 14.7 Å². The van der Waals surface area contributed by atoms with Crippen LogP contribution in [0.25, 0.3) is 0 Å². The van der Waals surface area contributed by atoms with E-state index in [9.17, 15) is 9.90 Å². The molecule has 1 saturated heterocycles. The Hall–Kier alpha value is -2.47. The van der Waals surface area contributed by atoms with E-state index in [0.717, 1.165) is 50.3 Å². The maximum Gasteiger partial charge on any atom is 0.325 e. The summed E-state index contributed by atoms with van der Waals surface area (Å²) >= 11 is 0. The monoisotopic (exact) mass is 448 g/mol. The van der Waals surface area contributed by atoms with Crippen LogP contribution in [-0.4, -0.2) is 45.6 Å². The molecule has 176 valence electrons. The third-order valence-corrected chi connectivity index (χ3v) is 7.61. The molecule has 5 rings (SSSR count). The van der Waals surface area contributed by atoms with Gasteiger partial charge in [-0.2, -0.15) is 0 Å². The summed E-state index contributed by atoms with van der Waals surface area (Å²) in [4.78, 5) is 23.5. The first kappa shape index (κ1) is 22.3. The lowest BCUT2D eigenvalue weighted by molar-refractivity contribution is -0.143. The average molecular weight is 449 g/mol. The van der Waals surface area contributed by atoms with Gasteiger partial charge in [0, 0.05) is 36.7 Å². The number of carbonyl (C=O) groups is 1. The summed E-state index contributed by atoms with van der Waals surface area (Å²) in [5.41, 5.74) is 4.67. The Morgan fingerprint density at radius 1 is 1.18 bits per heavy atom. The van der Waals surface area contributed by atoms with Gasteiger partial charge in [0.1, 0.15) is 11.9 Å². The fourth-order valence-electron chi connectivity index (χ4n) is 5.65. The summed E-state index contributed by atoms with van der Waals surface area (Å²) in [6.45, 7) is 2.79. The SMILES string of the molecule is O=C(O)C(c1cnccc1C1CC1)N1CC[C@@H](CCCCCc2ccc3c(n2)NCCC3)C1. The molecule has 4 heterocycles. The molecule has 2 aromatic heterocycles. The largest absolute Gasteiger partial charge is 0.480 e. The zero-order chi connectivity index (χ0) is 22.6. The van der Waals surface area contributed by atoms with E-state index < -0.39 is 12.0 Å². The molecule has 0 spiro atoms. The first-order chi connectivity index (χ1) is 16.2. The maximum absolute atomic E-state index is 12.2. The predicted molar refractivity (Wildman–Crippen MR) is 129 cm³/mol. The van der Waals surface area contributed by atoms with Crippen molar-refractivity contribution in [2.45, 2.75) is 76.2 Å². The highest BCUT2D eigenvalue weighted by molar-refractivity contribution is 5.76. The Labute approximate surface area is 196 Å². The highest BCUT2D eigenvalue weighted by Crippen LogP contribution is 2.44. The number of hydrogen-bond acceptors (Lipinski definition) is 5. The molecule has 0 bridgehead atoms. The van der Waals surface area contributed by atoms with E-state index >= 15 is 0 Å². The number of nitrogens with zero attached hydrogens (tertiary/aromatic N) is 3. The van der Waals surface area contributed by atoms with Crippen molar-refractivity contribution in [2.75, 3.05) is 25.0 Å². The van der Waals surface area contributed by atoms with Crippen LogP contribution < -0.4 is 5.32 Å². The van der Waals surface area contributed by atoms with Crippen molar-refractivity contribution in [1.29, 1.82) is 0 Å². The smallest absolute Gasteiger partial charge is 0.325 e. The lowest BCUT2D eigenvalue weighted by atomic mass is 9.97. The van der Waals surface area contributed by atoms with Crippen LogP contribution in [0.2, 0.25) is 0 Å². The average Bonchev–Trinajstić information content (AvgIpc) is 3.58. The zero-order valence-corrected chi connectivity index (χ0v) is 19.5. The van der Waals surface area contributed by atoms with Gasteiger partial charge in [0.25, 0.3) is 0 Å². The number of pyridine rings is 2. The summed E-state index contributed by atoms with van der Waals surface area (Å²) in [5.74, 6) is 1.48. The number of carboxylic acids is 1. The van der Waals surface area contributed by atoms with Crippen LogP contribution in [0.5, 0.6) is 0 Å². The Balaban J connectivity index is 1.08. The molecule has 2 fully saturated rings. The van der Waals surface area contributed by atoms with Gasteiger partial charge >= 0.3 is 5.97 Å². The van der Waals surface area contributed by atoms with Gasteiger partial charge < -0.3 is 10.4 Å². The summed E-state index contributed by atoms with van der Waals surface area (Å²) < 4.78 is 0. The normalized spacial score (nSPS) is 21.4. The molecule has 1 aliphatic carbocycles. The molecular weight excluding hydrogens is 412 g/mol. The minimum absolute atomic E-state index is 0.531. The Kier molecular flexibility index (Phi) is 6.91. The van der Waals surface area contributed by atoms with E-state index in [0.29, 0.717) is 11.8 Å². The van der Waals surface area contributed by atoms with Crippen LogP contribution in [-0.2, 0) is 17.6 Å². The summed E-state index contributed by atoms with van der Waals surface area (Å²) in [6.07, 6.45) is 15.2. The van der Waals surface area contributed by atoms with E-state index in [2.05, 4.69) is 27.3 Å². The van der Waals surface area contributed by atoms with Gasteiger partial charge in [0.15, 0.2) is 0 Å². The van der Waals surface area contributed by atoms with Crippen molar-refractivity contribution in [3.63, 3.8) is 0 Å². The van der Waals surface area contributed by atoms with Crippen LogP contribution in [0.1, 0.15) is 85.7 Å². The van der Waals surface area contributed by atoms with Gasteiger partial charge in [-0.05, 0) is 93.0 Å². The van der Waals surface area contributed by atoms with E-state index in [-0.39, 0.29) is 0 Å². The second-order valence-electron chi connectivity index (χ2n) is 10.1. The maximum atomic E-state index is 12.2. The highest BCUT2D eigenvalue weighted by Gasteiger charge is 2.37. The molecule has 2 N–H and O–H groups in total. The number of unbranched alkanes of at least 4 members (excludes halogenated alkanes) is 2. The minimum Gasteiger partial charge on any atom is -0.480 e. The van der Waals surface area contributed by atoms with Crippen molar-refractivity contribution in [2.24, 2.45) is 5.92 Å². The van der Waals surface area contributed by atoms with E-state index in [1.807, 2.05) is 6.07 Å². The molecule has 33 heavy (non-hydrogen) atoms. The molecule has 2 aliphatic heterocycles. The fourth-order valence-corrected chi connectivity index (χ4v) is 5.65. The number of carboxylic acid groups (broad SMARTS) is 1. The molecule has 6 heteroatoms. The molecule has 1 unspecified atom stereocenters. The summed E-state index contributed by atoms with van der Waals surface area (Å²) in [6, 6.07) is 5.92. The van der Waals surface area contributed by atoms with Gasteiger partial charge in [-0.25, -0.2) is 4.98 Å². The summed E-state index contributed by atoms with van der Waals surface area (Å²) in [7, 11) is 0. The van der Waals surface area contributed by atoms with Gasteiger partial charge in [-0.1, -0.05) is 18.9 Å². The number of aliphatic carboxylic acids is 1. The highest BCUT2D eigenvalue weighted by atomic mass is 16.4. The van der Waals surface area contributed by atoms with Gasteiger partial charge in [0.2, 0.25) is 0 Å². The first-order valence-corrected chi connectivity index (χ1v) is 12.8. The molecule has 6 nitrogen and oxygen atoms in total. The number of likely N-dealkylation sites (tertiary alicyclic amines) is 1. The van der Waals surface area contributed by atoms with Crippen molar-refractivity contribution in [1.82, 2.24) is 14.9 Å². The Bertz CT molecular complexity index is 974. The van der Waals surface area contributed by atoms with Crippen LogP contribution in [0.15, 0.2) is 30.6 Å². The number of aryl methyl sites for hydroxylation is 2. The van der Waals surface area contributed by atoms with Crippen molar-refractivity contribution >= 4 is 11.8 Å². The molecule has 0 amide bonds. The van der Waals surface area contributed by atoms with Crippen LogP contribution in [0, 0.1) is 5.92 Å². The van der Waals surface area contributed by atoms with E-state index in [4.69, 9.17) is 4.98 Å². The van der Waals surface area contributed by atoms with Crippen LogP contribution in [0.3, 0.4) is 0 Å². The topological polar surface area (TPSA) is 78.3 Å². The fraction of sp³-hybridized carbons (Fsp3) is 0.593. The number of rotatable bonds is 10. The lowest BCUT2D eigenvalue weighted by Gasteiger charge is -2.26. The molecule has 0 radical (unpaired) electrons. The molecular formula is C27H36N4O2. The number of nitrogens with one attached hydrogen (secondary N) is 1. The number of aromatic nitrogens is 2. The second-order valence-corrected chi connectivity index (χ2v) is 10.1. The van der Waals surface area contributed by atoms with Crippen molar-refractivity contribution in [3.05, 3.63) is 53.0 Å². The predicted octanol–water partition coefficient (Wildman–Crippen LogP) is 4.96. The molecule has 1 saturated carbocycles. The first-order valence-electron chi connectivity index (χ1n) is 12.8. The Morgan fingerprint density at radius 3 is 2.94 bits per heavy atom. The van der Waals surface area contributed by atoms with E-state index in [1.54, 1.807) is 12.4 Å². The third kappa shape index (κ3) is 5.37. The van der Waals surface area contributed by atoms with Crippen LogP contribution >= 0.6 is 0 Å². The van der Waals surface area contributed by atoms with E-state index in [1.165, 1.54) is 61.8 Å². The Morgan fingerprint density at radius 2 is 2.09 bits per heavy atom. The lowest BCUT2D eigenvalue weighted by Crippen LogP contribution is -2.33. The third-order valence-electron chi connectivity index (χ3n) is 7.61. The molecule has 2 atom stereocenters. The number of anilines is 1. The van der Waals surface area contributed by atoms with Crippen molar-refractivity contribution in [3.8, 4) is 0 Å². The van der Waals surface area contributed by atoms with Gasteiger partial charge in [-0.15, -0.1) is 0 Å². The van der Waals surface area contributed by atoms with Crippen molar-refractivity contribution < 1.29 is 9.90 Å². The summed E-state index contributed by atoms with van der Waals surface area (Å²) in [5, 5.41) is 13.5. The van der Waals surface area contributed by atoms with Gasteiger partial charge in [0.05, 0.1) is 0 Å². The molecule has 0 aromatic carbocycles. The minimum atomic E-state index is -0.738. The molecule has 3 aliphatic rings.